The molecule has 0 atom stereocenters. The van der Waals surface area contributed by atoms with Crippen molar-refractivity contribution in [2.24, 2.45) is 0 Å². The summed E-state index contributed by atoms with van der Waals surface area (Å²) < 4.78 is 0. The van der Waals surface area contributed by atoms with Gasteiger partial charge in [0.25, 0.3) is 0 Å². The Labute approximate surface area is 117 Å². The quantitative estimate of drug-likeness (QED) is 0.407. The van der Waals surface area contributed by atoms with E-state index in [0.717, 1.165) is 6.42 Å². The first-order valence-electron chi connectivity index (χ1n) is 7.02. The third-order valence-corrected chi connectivity index (χ3v) is 4.47. The SMILES string of the molecule is c1ccc2c(c1)Cc1ccc3c4ccc[nH]c-4cc3c1-2. The third-order valence-electron chi connectivity index (χ3n) is 4.47. The fraction of sp³-hybridized carbons (Fsp3) is 0.0526. The molecule has 20 heavy (non-hydrogen) atoms. The second-order valence-electron chi connectivity index (χ2n) is 5.54. The number of fused-ring (bicyclic) bond motifs is 7. The fourth-order valence-corrected chi connectivity index (χ4v) is 3.59. The maximum atomic E-state index is 3.36. The number of pyridine rings is 1. The van der Waals surface area contributed by atoms with Crippen LogP contribution < -0.4 is 0 Å². The highest BCUT2D eigenvalue weighted by Crippen LogP contribution is 2.45. The van der Waals surface area contributed by atoms with E-state index < -0.39 is 0 Å². The molecule has 1 nitrogen and oxygen atoms in total. The molecule has 2 aromatic carbocycles. The average molecular weight is 255 g/mol. The van der Waals surface area contributed by atoms with Crippen molar-refractivity contribution in [2.75, 3.05) is 0 Å². The van der Waals surface area contributed by atoms with Crippen LogP contribution in [0.4, 0.5) is 0 Å². The van der Waals surface area contributed by atoms with Gasteiger partial charge in [0.05, 0.1) is 0 Å². The van der Waals surface area contributed by atoms with Crippen LogP contribution in [0.3, 0.4) is 0 Å². The number of hydrogen-bond acceptors (Lipinski definition) is 0. The van der Waals surface area contributed by atoms with Crippen molar-refractivity contribution in [2.45, 2.75) is 6.42 Å². The molecular weight excluding hydrogens is 242 g/mol. The molecule has 0 fully saturated rings. The zero-order chi connectivity index (χ0) is 13.1. The molecule has 2 aromatic rings. The van der Waals surface area contributed by atoms with Crippen LogP contribution in [-0.2, 0) is 6.42 Å². The number of H-pyrrole nitrogens is 1. The molecule has 0 saturated carbocycles. The van der Waals surface area contributed by atoms with Crippen LogP contribution >= 0.6 is 0 Å². The Morgan fingerprint density at radius 3 is 2.65 bits per heavy atom. The molecule has 94 valence electrons. The van der Waals surface area contributed by atoms with Crippen LogP contribution in [-0.4, -0.2) is 4.98 Å². The Hall–Kier alpha value is -2.54. The van der Waals surface area contributed by atoms with E-state index in [1.807, 2.05) is 6.20 Å². The maximum Gasteiger partial charge on any atom is 0.0466 e. The minimum atomic E-state index is 1.06. The van der Waals surface area contributed by atoms with Crippen LogP contribution in [0, 0.1) is 0 Å². The summed E-state index contributed by atoms with van der Waals surface area (Å²) in [4.78, 5) is 3.36. The summed E-state index contributed by atoms with van der Waals surface area (Å²) in [7, 11) is 0. The summed E-state index contributed by atoms with van der Waals surface area (Å²) in [5.74, 6) is 0. The molecule has 0 spiro atoms. The van der Waals surface area contributed by atoms with Crippen molar-refractivity contribution >= 4 is 10.8 Å². The zero-order valence-electron chi connectivity index (χ0n) is 11.0. The van der Waals surface area contributed by atoms with E-state index in [-0.39, 0.29) is 0 Å². The van der Waals surface area contributed by atoms with Crippen molar-refractivity contribution in [3.8, 4) is 22.4 Å². The first-order chi connectivity index (χ1) is 9.92. The van der Waals surface area contributed by atoms with Gasteiger partial charge in [0.1, 0.15) is 0 Å². The molecule has 1 heteroatoms. The van der Waals surface area contributed by atoms with E-state index in [4.69, 9.17) is 0 Å². The number of aromatic nitrogens is 1. The lowest BCUT2D eigenvalue weighted by molar-refractivity contribution is 1.27. The van der Waals surface area contributed by atoms with Gasteiger partial charge in [-0.05, 0) is 51.6 Å². The van der Waals surface area contributed by atoms with Crippen LogP contribution in [0.25, 0.3) is 33.2 Å². The van der Waals surface area contributed by atoms with E-state index in [1.165, 1.54) is 44.3 Å². The van der Waals surface area contributed by atoms with Crippen LogP contribution in [0.5, 0.6) is 0 Å². The lowest BCUT2D eigenvalue weighted by Crippen LogP contribution is -1.80. The van der Waals surface area contributed by atoms with Gasteiger partial charge in [0.2, 0.25) is 0 Å². The highest BCUT2D eigenvalue weighted by atomic mass is 14.7. The lowest BCUT2D eigenvalue weighted by Gasteiger charge is -2.03. The summed E-state index contributed by atoms with van der Waals surface area (Å²) in [6.07, 6.45) is 3.06. The Morgan fingerprint density at radius 2 is 1.65 bits per heavy atom. The zero-order valence-corrected chi connectivity index (χ0v) is 11.0. The van der Waals surface area contributed by atoms with Gasteiger partial charge in [-0.15, -0.1) is 0 Å². The minimum absolute atomic E-state index is 1.06. The molecule has 1 aliphatic heterocycles. The number of nitrogens with one attached hydrogen (secondary N) is 1. The van der Waals surface area contributed by atoms with Gasteiger partial charge in [-0.25, -0.2) is 0 Å². The monoisotopic (exact) mass is 255 g/mol. The predicted molar refractivity (Wildman–Crippen MR) is 83.2 cm³/mol. The fourth-order valence-electron chi connectivity index (χ4n) is 3.59. The molecule has 1 N–H and O–H groups in total. The molecule has 0 radical (unpaired) electrons. The summed E-state index contributed by atoms with van der Waals surface area (Å²) >= 11 is 0. The van der Waals surface area contributed by atoms with Gasteiger partial charge in [0.15, 0.2) is 0 Å². The molecule has 0 aromatic heterocycles. The summed E-state index contributed by atoms with van der Waals surface area (Å²) in [5.41, 5.74) is 8.28. The maximum absolute atomic E-state index is 3.36. The van der Waals surface area contributed by atoms with Crippen molar-refractivity contribution in [3.63, 3.8) is 0 Å². The van der Waals surface area contributed by atoms with Gasteiger partial charge in [-0.2, -0.15) is 0 Å². The standard InChI is InChI=1S/C19H13N/c1-2-5-14-12(4-1)10-13-7-8-15-16-6-3-9-20-18(16)11-17(15)19(13)14/h1-9,11,20H,10H2. The third kappa shape index (κ3) is 1.17. The summed E-state index contributed by atoms with van der Waals surface area (Å²) in [5, 5.41) is 2.73. The Bertz CT molecular complexity index is 930. The smallest absolute Gasteiger partial charge is 0.0466 e. The normalized spacial score (nSPS) is 12.8. The summed E-state index contributed by atoms with van der Waals surface area (Å²) in [6, 6.07) is 19.9. The van der Waals surface area contributed by atoms with Gasteiger partial charge < -0.3 is 4.98 Å². The summed E-state index contributed by atoms with van der Waals surface area (Å²) in [6.45, 7) is 0. The van der Waals surface area contributed by atoms with E-state index in [9.17, 15) is 0 Å². The molecule has 0 unspecified atom stereocenters. The van der Waals surface area contributed by atoms with E-state index >= 15 is 0 Å². The molecule has 1 heterocycles. The molecule has 3 aliphatic rings. The minimum Gasteiger partial charge on any atom is -0.361 e. The second kappa shape index (κ2) is 3.51. The topological polar surface area (TPSA) is 15.8 Å². The number of rotatable bonds is 0. The van der Waals surface area contributed by atoms with Crippen molar-refractivity contribution in [1.29, 1.82) is 0 Å². The Kier molecular flexibility index (Phi) is 1.80. The molecule has 0 amide bonds. The lowest BCUT2D eigenvalue weighted by atomic mass is 10.0. The van der Waals surface area contributed by atoms with Gasteiger partial charge in [0, 0.05) is 17.5 Å². The first kappa shape index (κ1) is 10.3. The first-order valence-corrected chi connectivity index (χ1v) is 7.02. The molecular formula is C19H13N. The second-order valence-corrected chi connectivity index (χ2v) is 5.54. The number of benzene rings is 2. The van der Waals surface area contributed by atoms with Gasteiger partial charge in [-0.1, -0.05) is 42.5 Å². The van der Waals surface area contributed by atoms with Crippen LogP contribution in [0.1, 0.15) is 11.1 Å². The van der Waals surface area contributed by atoms with Gasteiger partial charge in [-0.3, -0.25) is 0 Å². The Morgan fingerprint density at radius 1 is 0.750 bits per heavy atom. The highest BCUT2D eigenvalue weighted by molar-refractivity contribution is 6.10. The van der Waals surface area contributed by atoms with Crippen LogP contribution in [0.15, 0.2) is 60.8 Å². The Balaban J connectivity index is 1.98. The molecule has 0 bridgehead atoms. The molecule has 0 saturated heterocycles. The largest absolute Gasteiger partial charge is 0.361 e. The molecule has 2 aliphatic carbocycles. The van der Waals surface area contributed by atoms with E-state index in [1.54, 1.807) is 0 Å². The number of hydrogen-bond donors (Lipinski definition) is 1. The van der Waals surface area contributed by atoms with Crippen LogP contribution in [0.2, 0.25) is 0 Å². The average Bonchev–Trinajstić information content (AvgIpc) is 3.04. The van der Waals surface area contributed by atoms with E-state index in [0.29, 0.717) is 0 Å². The predicted octanol–water partition coefficient (Wildman–Crippen LogP) is 4.84. The molecule has 5 rings (SSSR count). The highest BCUT2D eigenvalue weighted by Gasteiger charge is 2.22. The van der Waals surface area contributed by atoms with Crippen molar-refractivity contribution < 1.29 is 0 Å². The van der Waals surface area contributed by atoms with Gasteiger partial charge >= 0.3 is 0 Å². The van der Waals surface area contributed by atoms with Crippen molar-refractivity contribution in [3.05, 3.63) is 71.9 Å². The van der Waals surface area contributed by atoms with Crippen molar-refractivity contribution in [1.82, 2.24) is 4.98 Å². The number of aromatic amines is 1. The van der Waals surface area contributed by atoms with E-state index in [2.05, 4.69) is 59.6 Å².